The number of carbonyl (C=O) groups is 1. The molecule has 2 rings (SSSR count). The van der Waals surface area contributed by atoms with Gasteiger partial charge >= 0.3 is 0 Å². The van der Waals surface area contributed by atoms with Crippen molar-refractivity contribution >= 4 is 29.2 Å². The summed E-state index contributed by atoms with van der Waals surface area (Å²) in [5.74, 6) is 0.613. The number of amides is 1. The molecule has 6 nitrogen and oxygen atoms in total. The van der Waals surface area contributed by atoms with Crippen LogP contribution in [0.25, 0.3) is 0 Å². The van der Waals surface area contributed by atoms with Crippen LogP contribution in [-0.4, -0.2) is 63.1 Å². The maximum atomic E-state index is 11.8. The van der Waals surface area contributed by atoms with Gasteiger partial charge in [0.05, 0.1) is 0 Å². The summed E-state index contributed by atoms with van der Waals surface area (Å²) < 4.78 is 0. The van der Waals surface area contributed by atoms with Gasteiger partial charge in [-0.2, -0.15) is 0 Å². The number of hydrogen-bond donors (Lipinski definition) is 2. The van der Waals surface area contributed by atoms with E-state index in [0.29, 0.717) is 12.5 Å². The van der Waals surface area contributed by atoms with Crippen molar-refractivity contribution < 1.29 is 4.79 Å². The number of rotatable bonds is 6. The average molecular weight is 378 g/mol. The molecule has 1 aromatic rings. The molecule has 0 spiro atoms. The first-order valence-electron chi connectivity index (χ1n) is 8.75. The highest BCUT2D eigenvalue weighted by atomic mass is 35.5. The minimum Gasteiger partial charge on any atom is -0.369 e. The molecule has 0 aliphatic carbocycles. The molecule has 1 aliphatic heterocycles. The lowest BCUT2D eigenvalue weighted by atomic mass is 10.2. The maximum absolute atomic E-state index is 11.8. The second-order valence-corrected chi connectivity index (χ2v) is 7.25. The molecule has 1 saturated heterocycles. The fourth-order valence-electron chi connectivity index (χ4n) is 2.63. The molecule has 26 heavy (non-hydrogen) atoms. The van der Waals surface area contributed by atoms with Crippen LogP contribution in [0.5, 0.6) is 0 Å². The normalized spacial score (nSPS) is 17.2. The Morgan fingerprint density at radius 3 is 2.69 bits per heavy atom. The summed E-state index contributed by atoms with van der Waals surface area (Å²) in [7, 11) is 3.46. The molecule has 1 aliphatic rings. The van der Waals surface area contributed by atoms with Crippen LogP contribution in [0, 0.1) is 0 Å². The zero-order valence-electron chi connectivity index (χ0n) is 15.8. The van der Waals surface area contributed by atoms with Crippen LogP contribution < -0.4 is 15.5 Å². The van der Waals surface area contributed by atoms with Gasteiger partial charge in [0.25, 0.3) is 0 Å². The highest BCUT2D eigenvalue weighted by Gasteiger charge is 2.23. The first-order valence-corrected chi connectivity index (χ1v) is 9.13. The predicted molar refractivity (Wildman–Crippen MR) is 109 cm³/mol. The van der Waals surface area contributed by atoms with Crippen molar-refractivity contribution in [2.75, 3.05) is 45.2 Å². The molecule has 0 aromatic heterocycles. The molecule has 1 heterocycles. The molecule has 1 fully saturated rings. The monoisotopic (exact) mass is 377 g/mol. The van der Waals surface area contributed by atoms with Crippen LogP contribution in [0.2, 0.25) is 5.02 Å². The van der Waals surface area contributed by atoms with Crippen LogP contribution in [0.1, 0.15) is 13.3 Å². The van der Waals surface area contributed by atoms with Gasteiger partial charge in [-0.1, -0.05) is 23.8 Å². The van der Waals surface area contributed by atoms with E-state index < -0.39 is 0 Å². The van der Waals surface area contributed by atoms with E-state index in [1.807, 2.05) is 31.2 Å². The molecule has 0 saturated carbocycles. The molecular formula is C19H28ClN5O. The Labute approximate surface area is 160 Å². The Morgan fingerprint density at radius 2 is 2.08 bits per heavy atom. The molecule has 0 radical (unpaired) electrons. The van der Waals surface area contributed by atoms with E-state index >= 15 is 0 Å². The van der Waals surface area contributed by atoms with E-state index in [2.05, 4.69) is 27.1 Å². The third-order valence-electron chi connectivity index (χ3n) is 4.15. The Kier molecular flexibility index (Phi) is 7.33. The van der Waals surface area contributed by atoms with Crippen molar-refractivity contribution in [1.82, 2.24) is 15.5 Å². The van der Waals surface area contributed by atoms with Gasteiger partial charge in [-0.25, -0.2) is 4.99 Å². The lowest BCUT2D eigenvalue weighted by Gasteiger charge is -2.21. The number of guanidine groups is 1. The number of carbonyl (C=O) groups excluding carboxylic acids is 1. The van der Waals surface area contributed by atoms with Crippen molar-refractivity contribution in [1.29, 1.82) is 0 Å². The standard InChI is InChI=1S/C19H28ClN5O/c1-14(2)11-21-19(22-12-18(26)24(3)4)23-16-9-10-25(13-16)17-7-5-15(20)6-8-17/h5-8,16H,1,9-13H2,2-4H3,(H2,21,22,23). The summed E-state index contributed by atoms with van der Waals surface area (Å²) in [6, 6.07) is 8.15. The van der Waals surface area contributed by atoms with Gasteiger partial charge in [0.15, 0.2) is 5.96 Å². The Bertz CT molecular complexity index is 656. The summed E-state index contributed by atoms with van der Waals surface area (Å²) >= 11 is 5.97. The topological polar surface area (TPSA) is 60.0 Å². The molecule has 0 bridgehead atoms. The van der Waals surface area contributed by atoms with Gasteiger partial charge in [-0.3, -0.25) is 4.79 Å². The molecule has 2 N–H and O–H groups in total. The number of anilines is 1. The fraction of sp³-hybridized carbons (Fsp3) is 0.474. The van der Waals surface area contributed by atoms with Gasteiger partial charge < -0.3 is 20.4 Å². The first kappa shape index (κ1) is 20.1. The number of aliphatic imine (C=N–C) groups is 1. The van der Waals surface area contributed by atoms with Crippen LogP contribution in [0.4, 0.5) is 5.69 Å². The SMILES string of the molecule is C=C(C)CNC(=NCC(=O)N(C)C)NC1CCN(c2ccc(Cl)cc2)C1. The second-order valence-electron chi connectivity index (χ2n) is 6.82. The Morgan fingerprint density at radius 1 is 1.38 bits per heavy atom. The molecule has 7 heteroatoms. The molecule has 1 amide bonds. The predicted octanol–water partition coefficient (Wildman–Crippen LogP) is 2.12. The van der Waals surface area contributed by atoms with E-state index in [1.54, 1.807) is 14.1 Å². The zero-order valence-corrected chi connectivity index (χ0v) is 16.5. The van der Waals surface area contributed by atoms with Gasteiger partial charge in [0.2, 0.25) is 5.91 Å². The van der Waals surface area contributed by atoms with Crippen molar-refractivity contribution in [2.45, 2.75) is 19.4 Å². The van der Waals surface area contributed by atoms with Crippen LogP contribution in [-0.2, 0) is 4.79 Å². The fourth-order valence-corrected chi connectivity index (χ4v) is 2.76. The van der Waals surface area contributed by atoms with E-state index in [0.717, 1.165) is 35.8 Å². The smallest absolute Gasteiger partial charge is 0.243 e. The molecule has 1 aromatic carbocycles. The lowest BCUT2D eigenvalue weighted by molar-refractivity contribution is -0.127. The minimum absolute atomic E-state index is 0.0318. The van der Waals surface area contributed by atoms with Crippen molar-refractivity contribution in [3.63, 3.8) is 0 Å². The van der Waals surface area contributed by atoms with Gasteiger partial charge in [-0.05, 0) is 37.6 Å². The van der Waals surface area contributed by atoms with E-state index in [4.69, 9.17) is 11.6 Å². The van der Waals surface area contributed by atoms with Crippen molar-refractivity contribution in [3.05, 3.63) is 41.4 Å². The van der Waals surface area contributed by atoms with Gasteiger partial charge in [0.1, 0.15) is 6.54 Å². The largest absolute Gasteiger partial charge is 0.369 e. The van der Waals surface area contributed by atoms with Crippen LogP contribution in [0.15, 0.2) is 41.4 Å². The minimum atomic E-state index is -0.0318. The van der Waals surface area contributed by atoms with Crippen molar-refractivity contribution in [3.8, 4) is 0 Å². The summed E-state index contributed by atoms with van der Waals surface area (Å²) in [5.41, 5.74) is 2.17. The summed E-state index contributed by atoms with van der Waals surface area (Å²) in [6.07, 6.45) is 0.998. The molecule has 1 unspecified atom stereocenters. The maximum Gasteiger partial charge on any atom is 0.243 e. The number of nitrogens with zero attached hydrogens (tertiary/aromatic N) is 3. The summed E-state index contributed by atoms with van der Waals surface area (Å²) in [6.45, 7) is 8.43. The lowest BCUT2D eigenvalue weighted by Crippen LogP contribution is -2.45. The number of hydrogen-bond acceptors (Lipinski definition) is 3. The Balaban J connectivity index is 1.96. The molecule has 1 atom stereocenters. The highest BCUT2D eigenvalue weighted by Crippen LogP contribution is 2.22. The second kappa shape index (κ2) is 9.48. The zero-order chi connectivity index (χ0) is 19.1. The number of halogens is 1. The third kappa shape index (κ3) is 6.26. The van der Waals surface area contributed by atoms with Gasteiger partial charge in [-0.15, -0.1) is 0 Å². The number of benzene rings is 1. The molecular weight excluding hydrogens is 350 g/mol. The van der Waals surface area contributed by atoms with Crippen LogP contribution >= 0.6 is 11.6 Å². The van der Waals surface area contributed by atoms with E-state index in [9.17, 15) is 4.79 Å². The third-order valence-corrected chi connectivity index (χ3v) is 4.40. The quantitative estimate of drug-likeness (QED) is 0.453. The van der Waals surface area contributed by atoms with E-state index in [-0.39, 0.29) is 18.5 Å². The van der Waals surface area contributed by atoms with Crippen molar-refractivity contribution in [2.24, 2.45) is 4.99 Å². The first-order chi connectivity index (χ1) is 12.3. The van der Waals surface area contributed by atoms with E-state index in [1.165, 1.54) is 4.90 Å². The number of likely N-dealkylation sites (N-methyl/N-ethyl adjacent to an activating group) is 1. The highest BCUT2D eigenvalue weighted by molar-refractivity contribution is 6.30. The summed E-state index contributed by atoms with van der Waals surface area (Å²) in [4.78, 5) is 20.1. The average Bonchev–Trinajstić information content (AvgIpc) is 3.05. The van der Waals surface area contributed by atoms with Crippen LogP contribution in [0.3, 0.4) is 0 Å². The number of nitrogens with one attached hydrogen (secondary N) is 2. The van der Waals surface area contributed by atoms with Gasteiger partial charge in [0, 0.05) is 50.5 Å². The summed E-state index contributed by atoms with van der Waals surface area (Å²) in [5, 5.41) is 7.41. The molecule has 142 valence electrons. The Hall–Kier alpha value is -2.21.